The van der Waals surface area contributed by atoms with Gasteiger partial charge in [0.15, 0.2) is 0 Å². The largest absolute Gasteiger partial charge is 0.309 e. The van der Waals surface area contributed by atoms with Crippen molar-refractivity contribution in [1.29, 1.82) is 0 Å². The van der Waals surface area contributed by atoms with Gasteiger partial charge in [0.05, 0.1) is 5.69 Å². The van der Waals surface area contributed by atoms with Gasteiger partial charge in [0.25, 0.3) is 0 Å². The van der Waals surface area contributed by atoms with Crippen LogP contribution in [0.15, 0.2) is 18.3 Å². The van der Waals surface area contributed by atoms with E-state index in [1.165, 1.54) is 24.1 Å². The highest BCUT2D eigenvalue weighted by atomic mass is 15.0. The standard InChI is InChI=1S/C10H14N2/c1-8-4-6-12-10(7-8)9-3-2-5-11-9/h4,6-7,9,11H,2-3,5H2,1H3/t9-/m1/s1. The van der Waals surface area contributed by atoms with Gasteiger partial charge in [0.1, 0.15) is 0 Å². The van der Waals surface area contributed by atoms with Crippen LogP contribution in [0.25, 0.3) is 0 Å². The molecular formula is C10H14N2. The molecule has 2 rings (SSSR count). The molecule has 1 saturated heterocycles. The maximum Gasteiger partial charge on any atom is 0.0575 e. The number of nitrogens with one attached hydrogen (secondary N) is 1. The molecule has 0 saturated carbocycles. The Bertz CT molecular complexity index is 264. The molecule has 0 aliphatic carbocycles. The summed E-state index contributed by atoms with van der Waals surface area (Å²) in [6.07, 6.45) is 4.40. The van der Waals surface area contributed by atoms with E-state index in [1.807, 2.05) is 12.3 Å². The van der Waals surface area contributed by atoms with Crippen molar-refractivity contribution in [3.05, 3.63) is 29.6 Å². The van der Waals surface area contributed by atoms with Crippen LogP contribution in [0.4, 0.5) is 0 Å². The summed E-state index contributed by atoms with van der Waals surface area (Å²) in [6.45, 7) is 3.25. The Morgan fingerprint density at radius 1 is 1.58 bits per heavy atom. The zero-order chi connectivity index (χ0) is 8.39. The fourth-order valence-electron chi connectivity index (χ4n) is 1.69. The zero-order valence-corrected chi connectivity index (χ0v) is 7.38. The lowest BCUT2D eigenvalue weighted by atomic mass is 10.1. The molecule has 2 heteroatoms. The van der Waals surface area contributed by atoms with Crippen molar-refractivity contribution in [2.75, 3.05) is 6.54 Å². The van der Waals surface area contributed by atoms with Gasteiger partial charge in [0, 0.05) is 12.2 Å². The fourth-order valence-corrected chi connectivity index (χ4v) is 1.69. The van der Waals surface area contributed by atoms with Crippen LogP contribution >= 0.6 is 0 Å². The third kappa shape index (κ3) is 1.48. The molecule has 1 fully saturated rings. The average Bonchev–Trinajstić information content (AvgIpc) is 2.56. The monoisotopic (exact) mass is 162 g/mol. The topological polar surface area (TPSA) is 24.9 Å². The first-order chi connectivity index (χ1) is 5.86. The molecule has 0 bridgehead atoms. The molecule has 2 heterocycles. The van der Waals surface area contributed by atoms with E-state index in [9.17, 15) is 0 Å². The van der Waals surface area contributed by atoms with Crippen LogP contribution < -0.4 is 5.32 Å². The van der Waals surface area contributed by atoms with Crippen molar-refractivity contribution in [2.45, 2.75) is 25.8 Å². The van der Waals surface area contributed by atoms with E-state index in [4.69, 9.17) is 0 Å². The third-order valence-corrected chi connectivity index (χ3v) is 2.35. The van der Waals surface area contributed by atoms with E-state index in [2.05, 4.69) is 23.3 Å². The molecule has 1 atom stereocenters. The molecule has 1 aliphatic heterocycles. The lowest BCUT2D eigenvalue weighted by molar-refractivity contribution is 0.627. The summed E-state index contributed by atoms with van der Waals surface area (Å²) < 4.78 is 0. The first kappa shape index (κ1) is 7.74. The van der Waals surface area contributed by atoms with Gasteiger partial charge < -0.3 is 5.32 Å². The highest BCUT2D eigenvalue weighted by Crippen LogP contribution is 2.21. The summed E-state index contributed by atoms with van der Waals surface area (Å²) in [5.41, 5.74) is 2.50. The van der Waals surface area contributed by atoms with Crippen LogP contribution in [0.3, 0.4) is 0 Å². The van der Waals surface area contributed by atoms with Crippen LogP contribution in [-0.4, -0.2) is 11.5 Å². The molecule has 2 nitrogen and oxygen atoms in total. The third-order valence-electron chi connectivity index (χ3n) is 2.35. The van der Waals surface area contributed by atoms with Crippen molar-refractivity contribution < 1.29 is 0 Å². The number of rotatable bonds is 1. The second-order valence-corrected chi connectivity index (χ2v) is 3.41. The van der Waals surface area contributed by atoms with Gasteiger partial charge in [-0.25, -0.2) is 0 Å². The molecule has 0 spiro atoms. The van der Waals surface area contributed by atoms with E-state index in [-0.39, 0.29) is 0 Å². The van der Waals surface area contributed by atoms with Crippen molar-refractivity contribution in [3.63, 3.8) is 0 Å². The summed E-state index contributed by atoms with van der Waals surface area (Å²) >= 11 is 0. The summed E-state index contributed by atoms with van der Waals surface area (Å²) in [4.78, 5) is 4.36. The van der Waals surface area contributed by atoms with Crippen molar-refractivity contribution >= 4 is 0 Å². The van der Waals surface area contributed by atoms with E-state index in [1.54, 1.807) is 0 Å². The van der Waals surface area contributed by atoms with E-state index >= 15 is 0 Å². The van der Waals surface area contributed by atoms with Crippen LogP contribution in [0.5, 0.6) is 0 Å². The summed E-state index contributed by atoms with van der Waals surface area (Å²) in [6, 6.07) is 4.71. The number of aromatic nitrogens is 1. The maximum absolute atomic E-state index is 4.36. The van der Waals surface area contributed by atoms with Gasteiger partial charge in [-0.05, 0) is 44.0 Å². The fraction of sp³-hybridized carbons (Fsp3) is 0.500. The van der Waals surface area contributed by atoms with Crippen LogP contribution in [0, 0.1) is 6.92 Å². The van der Waals surface area contributed by atoms with E-state index in [0.29, 0.717) is 6.04 Å². The Hall–Kier alpha value is -0.890. The molecule has 1 aliphatic rings. The Labute approximate surface area is 73.0 Å². The predicted octanol–water partition coefficient (Wildman–Crippen LogP) is 1.81. The molecule has 0 aromatic carbocycles. The molecule has 0 radical (unpaired) electrons. The van der Waals surface area contributed by atoms with Gasteiger partial charge in [-0.2, -0.15) is 0 Å². The van der Waals surface area contributed by atoms with Gasteiger partial charge in [-0.3, -0.25) is 4.98 Å². The van der Waals surface area contributed by atoms with Gasteiger partial charge in [-0.15, -0.1) is 0 Å². The summed E-state index contributed by atoms with van der Waals surface area (Å²) in [5.74, 6) is 0. The first-order valence-corrected chi connectivity index (χ1v) is 4.52. The molecular weight excluding hydrogens is 148 g/mol. The highest BCUT2D eigenvalue weighted by molar-refractivity contribution is 5.17. The molecule has 64 valence electrons. The molecule has 0 amide bonds. The van der Waals surface area contributed by atoms with Crippen molar-refractivity contribution in [2.24, 2.45) is 0 Å². The van der Waals surface area contributed by atoms with Crippen LogP contribution in [0.2, 0.25) is 0 Å². The number of hydrogen-bond donors (Lipinski definition) is 1. The quantitative estimate of drug-likeness (QED) is 0.681. The summed E-state index contributed by atoms with van der Waals surface area (Å²) in [7, 11) is 0. The smallest absolute Gasteiger partial charge is 0.0575 e. The summed E-state index contributed by atoms with van der Waals surface area (Å²) in [5, 5.41) is 3.44. The number of hydrogen-bond acceptors (Lipinski definition) is 2. The molecule has 0 unspecified atom stereocenters. The number of nitrogens with zero attached hydrogens (tertiary/aromatic N) is 1. The van der Waals surface area contributed by atoms with Gasteiger partial charge >= 0.3 is 0 Å². The SMILES string of the molecule is Cc1ccnc([C@H]2CCCN2)c1. The molecule has 12 heavy (non-hydrogen) atoms. The molecule has 1 aromatic rings. The van der Waals surface area contributed by atoms with Crippen molar-refractivity contribution in [1.82, 2.24) is 10.3 Å². The minimum absolute atomic E-state index is 0.505. The minimum atomic E-state index is 0.505. The Morgan fingerprint density at radius 2 is 2.50 bits per heavy atom. The second-order valence-electron chi connectivity index (χ2n) is 3.41. The van der Waals surface area contributed by atoms with Crippen molar-refractivity contribution in [3.8, 4) is 0 Å². The lowest BCUT2D eigenvalue weighted by Crippen LogP contribution is -2.14. The van der Waals surface area contributed by atoms with Gasteiger partial charge in [0.2, 0.25) is 0 Å². The van der Waals surface area contributed by atoms with Crippen LogP contribution in [0.1, 0.15) is 30.1 Å². The van der Waals surface area contributed by atoms with E-state index < -0.39 is 0 Å². The lowest BCUT2D eigenvalue weighted by Gasteiger charge is -2.09. The highest BCUT2D eigenvalue weighted by Gasteiger charge is 2.16. The molecule has 1 N–H and O–H groups in total. The number of pyridine rings is 1. The second kappa shape index (κ2) is 3.23. The Morgan fingerprint density at radius 3 is 3.17 bits per heavy atom. The Balaban J connectivity index is 2.21. The Kier molecular flexibility index (Phi) is 2.09. The van der Waals surface area contributed by atoms with E-state index in [0.717, 1.165) is 6.54 Å². The maximum atomic E-state index is 4.36. The minimum Gasteiger partial charge on any atom is -0.309 e. The first-order valence-electron chi connectivity index (χ1n) is 4.52. The van der Waals surface area contributed by atoms with Gasteiger partial charge in [-0.1, -0.05) is 0 Å². The van der Waals surface area contributed by atoms with Crippen LogP contribution in [-0.2, 0) is 0 Å². The molecule has 1 aromatic heterocycles. The normalized spacial score (nSPS) is 22.9. The average molecular weight is 162 g/mol. The number of aryl methyl sites for hydroxylation is 1. The predicted molar refractivity (Wildman–Crippen MR) is 49.0 cm³/mol. The zero-order valence-electron chi connectivity index (χ0n) is 7.38.